The lowest BCUT2D eigenvalue weighted by Gasteiger charge is -2.10. The lowest BCUT2D eigenvalue weighted by Crippen LogP contribution is -2.03. The number of aromatic nitrogens is 1. The molecule has 3 rings (SSSR count). The second kappa shape index (κ2) is 4.98. The molecule has 0 unspecified atom stereocenters. The Balaban J connectivity index is 1.80. The van der Waals surface area contributed by atoms with Crippen LogP contribution in [0.25, 0.3) is 0 Å². The molecule has 0 saturated heterocycles. The van der Waals surface area contributed by atoms with Crippen LogP contribution in [0.2, 0.25) is 0 Å². The summed E-state index contributed by atoms with van der Waals surface area (Å²) in [4.78, 5) is 4.43. The van der Waals surface area contributed by atoms with Crippen molar-refractivity contribution in [2.75, 3.05) is 11.9 Å². The van der Waals surface area contributed by atoms with Gasteiger partial charge in [-0.1, -0.05) is 30.3 Å². The molecule has 0 radical (unpaired) electrons. The van der Waals surface area contributed by atoms with Gasteiger partial charge in [0.1, 0.15) is 11.6 Å². The Kier molecular flexibility index (Phi) is 3.19. The van der Waals surface area contributed by atoms with Gasteiger partial charge in [-0.25, -0.2) is 4.98 Å². The number of nitrogens with one attached hydrogen (secondary N) is 1. The van der Waals surface area contributed by atoms with Gasteiger partial charge in [-0.3, -0.25) is 0 Å². The van der Waals surface area contributed by atoms with Gasteiger partial charge >= 0.3 is 0 Å². The Morgan fingerprint density at radius 2 is 2.11 bits per heavy atom. The molecular weight excluding hydrogens is 292 g/mol. The monoisotopic (exact) mass is 304 g/mol. The molecule has 0 atom stereocenters. The molecule has 18 heavy (non-hydrogen) atoms. The second-order valence-electron chi connectivity index (χ2n) is 4.20. The van der Waals surface area contributed by atoms with Gasteiger partial charge in [-0.05, 0) is 21.5 Å². The lowest BCUT2D eigenvalue weighted by atomic mass is 10.2. The Morgan fingerprint density at radius 3 is 2.94 bits per heavy atom. The Bertz CT molecular complexity index is 557. The molecule has 2 heterocycles. The number of pyridine rings is 1. The van der Waals surface area contributed by atoms with Crippen molar-refractivity contribution in [1.29, 1.82) is 0 Å². The number of anilines is 1. The van der Waals surface area contributed by atoms with Crippen molar-refractivity contribution in [3.05, 3.63) is 52.1 Å². The molecule has 2 aromatic rings. The molecule has 0 fully saturated rings. The predicted molar refractivity (Wildman–Crippen MR) is 74.9 cm³/mol. The molecule has 3 nitrogen and oxygen atoms in total. The van der Waals surface area contributed by atoms with E-state index in [1.807, 2.05) is 18.2 Å². The number of nitrogens with zero attached hydrogens (tertiary/aromatic N) is 1. The first-order valence-corrected chi connectivity index (χ1v) is 6.72. The third-order valence-electron chi connectivity index (χ3n) is 2.99. The third-order valence-corrected chi connectivity index (χ3v) is 3.55. The van der Waals surface area contributed by atoms with Crippen molar-refractivity contribution in [3.63, 3.8) is 0 Å². The zero-order valence-corrected chi connectivity index (χ0v) is 11.4. The van der Waals surface area contributed by atoms with E-state index in [2.05, 4.69) is 38.4 Å². The van der Waals surface area contributed by atoms with Gasteiger partial charge in [0.05, 0.1) is 11.1 Å². The summed E-state index contributed by atoms with van der Waals surface area (Å²) in [5.41, 5.74) is 2.41. The summed E-state index contributed by atoms with van der Waals surface area (Å²) < 4.78 is 6.53. The molecule has 0 amide bonds. The van der Waals surface area contributed by atoms with Gasteiger partial charge in [0.25, 0.3) is 0 Å². The molecule has 1 aliphatic rings. The second-order valence-corrected chi connectivity index (χ2v) is 5.05. The Hall–Kier alpha value is -1.55. The minimum Gasteiger partial charge on any atom is -0.492 e. The highest BCUT2D eigenvalue weighted by Gasteiger charge is 2.20. The smallest absolute Gasteiger partial charge is 0.142 e. The SMILES string of the molecule is Brc1cnc(NCc2ccccc2)c2c1OCC2. The standard InChI is InChI=1S/C14H13BrN2O/c15-12-9-17-14(11-6-7-18-13(11)12)16-8-10-4-2-1-3-5-10/h1-5,9H,6-8H2,(H,16,17). The minimum absolute atomic E-state index is 0.736. The highest BCUT2D eigenvalue weighted by Crippen LogP contribution is 2.36. The van der Waals surface area contributed by atoms with Crippen LogP contribution in [0.4, 0.5) is 5.82 Å². The summed E-state index contributed by atoms with van der Waals surface area (Å²) in [6.45, 7) is 1.52. The highest BCUT2D eigenvalue weighted by atomic mass is 79.9. The van der Waals surface area contributed by atoms with Crippen molar-refractivity contribution in [1.82, 2.24) is 4.98 Å². The van der Waals surface area contributed by atoms with Crippen LogP contribution < -0.4 is 10.1 Å². The molecular formula is C14H13BrN2O. The largest absolute Gasteiger partial charge is 0.492 e. The molecule has 92 valence electrons. The Labute approximate surface area is 114 Å². The first-order valence-electron chi connectivity index (χ1n) is 5.92. The molecule has 1 aromatic carbocycles. The maximum Gasteiger partial charge on any atom is 0.142 e. The van der Waals surface area contributed by atoms with Crippen LogP contribution in [-0.4, -0.2) is 11.6 Å². The first-order chi connectivity index (χ1) is 8.84. The molecule has 0 saturated carbocycles. The molecule has 0 bridgehead atoms. The molecule has 0 spiro atoms. The van der Waals surface area contributed by atoms with E-state index < -0.39 is 0 Å². The van der Waals surface area contributed by atoms with Gasteiger partial charge in [0.2, 0.25) is 0 Å². The van der Waals surface area contributed by atoms with Gasteiger partial charge in [-0.15, -0.1) is 0 Å². The zero-order valence-electron chi connectivity index (χ0n) is 9.82. The van der Waals surface area contributed by atoms with Crippen LogP contribution in [0.3, 0.4) is 0 Å². The van der Waals surface area contributed by atoms with Gasteiger partial charge < -0.3 is 10.1 Å². The van der Waals surface area contributed by atoms with Crippen LogP contribution in [-0.2, 0) is 13.0 Å². The van der Waals surface area contributed by atoms with E-state index in [-0.39, 0.29) is 0 Å². The summed E-state index contributed by atoms with van der Waals surface area (Å²) >= 11 is 3.46. The normalized spacial score (nSPS) is 12.9. The van der Waals surface area contributed by atoms with Crippen molar-refractivity contribution in [2.45, 2.75) is 13.0 Å². The summed E-state index contributed by atoms with van der Waals surface area (Å²) in [7, 11) is 0. The molecule has 4 heteroatoms. The fourth-order valence-electron chi connectivity index (χ4n) is 2.09. The third kappa shape index (κ3) is 2.20. The van der Waals surface area contributed by atoms with Gasteiger partial charge in [0, 0.05) is 24.7 Å². The van der Waals surface area contributed by atoms with Crippen molar-refractivity contribution in [3.8, 4) is 5.75 Å². The number of ether oxygens (including phenoxy) is 1. The summed E-state index contributed by atoms with van der Waals surface area (Å²) in [5, 5.41) is 3.38. The van der Waals surface area contributed by atoms with Crippen molar-refractivity contribution < 1.29 is 4.74 Å². The van der Waals surface area contributed by atoms with Gasteiger partial charge in [0.15, 0.2) is 0 Å². The Morgan fingerprint density at radius 1 is 1.28 bits per heavy atom. The highest BCUT2D eigenvalue weighted by molar-refractivity contribution is 9.10. The maximum absolute atomic E-state index is 5.60. The van der Waals surface area contributed by atoms with Crippen molar-refractivity contribution in [2.24, 2.45) is 0 Å². The minimum atomic E-state index is 0.736. The van der Waals surface area contributed by atoms with Crippen LogP contribution >= 0.6 is 15.9 Å². The average molecular weight is 305 g/mol. The lowest BCUT2D eigenvalue weighted by molar-refractivity contribution is 0.355. The van der Waals surface area contributed by atoms with Gasteiger partial charge in [-0.2, -0.15) is 0 Å². The summed E-state index contributed by atoms with van der Waals surface area (Å²) in [6, 6.07) is 10.3. The number of halogens is 1. The average Bonchev–Trinajstić information content (AvgIpc) is 2.90. The topological polar surface area (TPSA) is 34.2 Å². The predicted octanol–water partition coefficient (Wildman–Crippen LogP) is 3.39. The van der Waals surface area contributed by atoms with E-state index in [1.54, 1.807) is 6.20 Å². The van der Waals surface area contributed by atoms with Crippen LogP contribution in [0, 0.1) is 0 Å². The van der Waals surface area contributed by atoms with Crippen LogP contribution in [0.5, 0.6) is 5.75 Å². The van der Waals surface area contributed by atoms with Crippen LogP contribution in [0.1, 0.15) is 11.1 Å². The molecule has 1 N–H and O–H groups in total. The van der Waals surface area contributed by atoms with E-state index in [1.165, 1.54) is 11.1 Å². The quantitative estimate of drug-likeness (QED) is 0.944. The van der Waals surface area contributed by atoms with E-state index in [0.29, 0.717) is 0 Å². The van der Waals surface area contributed by atoms with E-state index >= 15 is 0 Å². The molecule has 0 aliphatic carbocycles. The number of rotatable bonds is 3. The number of fused-ring (bicyclic) bond motifs is 1. The maximum atomic E-state index is 5.60. The van der Waals surface area contributed by atoms with Crippen molar-refractivity contribution >= 4 is 21.7 Å². The fourth-order valence-corrected chi connectivity index (χ4v) is 2.54. The van der Waals surface area contributed by atoms with Crippen LogP contribution in [0.15, 0.2) is 41.0 Å². The molecule has 1 aromatic heterocycles. The first kappa shape index (κ1) is 11.5. The fraction of sp³-hybridized carbons (Fsp3) is 0.214. The zero-order chi connectivity index (χ0) is 12.4. The van der Waals surface area contributed by atoms with E-state index in [4.69, 9.17) is 4.74 Å². The number of benzene rings is 1. The summed E-state index contributed by atoms with van der Waals surface area (Å²) in [6.07, 6.45) is 2.70. The van der Waals surface area contributed by atoms with E-state index in [9.17, 15) is 0 Å². The summed E-state index contributed by atoms with van der Waals surface area (Å²) in [5.74, 6) is 1.86. The molecule has 1 aliphatic heterocycles. The number of hydrogen-bond donors (Lipinski definition) is 1. The number of hydrogen-bond acceptors (Lipinski definition) is 3. The van der Waals surface area contributed by atoms with E-state index in [0.717, 1.165) is 35.6 Å².